The molecule has 0 aliphatic carbocycles. The summed E-state index contributed by atoms with van der Waals surface area (Å²) in [5, 5.41) is 0. The highest BCUT2D eigenvalue weighted by Gasteiger charge is 2.27. The summed E-state index contributed by atoms with van der Waals surface area (Å²) in [6, 6.07) is 13.2. The number of ether oxygens (including phenoxy) is 1. The summed E-state index contributed by atoms with van der Waals surface area (Å²) >= 11 is 0. The Kier molecular flexibility index (Phi) is 4.69. The molecule has 2 aromatic rings. The molecule has 1 fully saturated rings. The second-order valence-electron chi connectivity index (χ2n) is 5.85. The van der Waals surface area contributed by atoms with Crippen molar-refractivity contribution in [1.82, 2.24) is 4.31 Å². The molecule has 1 aliphatic rings. The zero-order chi connectivity index (χ0) is 17.2. The Morgan fingerprint density at radius 2 is 1.75 bits per heavy atom. The van der Waals surface area contributed by atoms with E-state index >= 15 is 0 Å². The van der Waals surface area contributed by atoms with E-state index in [2.05, 4.69) is 0 Å². The fraction of sp³-hybridized carbons (Fsp3) is 0.278. The summed E-state index contributed by atoms with van der Waals surface area (Å²) in [4.78, 5) is 12.4. The van der Waals surface area contributed by atoms with Gasteiger partial charge in [0.05, 0.1) is 10.5 Å². The van der Waals surface area contributed by atoms with Crippen LogP contribution in [0.25, 0.3) is 0 Å². The molecule has 3 rings (SSSR count). The first kappa shape index (κ1) is 16.7. The average molecular weight is 345 g/mol. The quantitative estimate of drug-likeness (QED) is 0.631. The first-order valence-electron chi connectivity index (χ1n) is 7.86. The Labute approximate surface area is 141 Å². The predicted octanol–water partition coefficient (Wildman–Crippen LogP) is 3.00. The van der Waals surface area contributed by atoms with E-state index in [1.165, 1.54) is 16.4 Å². The molecule has 1 aliphatic heterocycles. The van der Waals surface area contributed by atoms with E-state index in [0.29, 0.717) is 18.8 Å². The third-order valence-electron chi connectivity index (χ3n) is 3.97. The molecule has 0 amide bonds. The molecule has 2 aromatic carbocycles. The molecule has 0 saturated carbocycles. The summed E-state index contributed by atoms with van der Waals surface area (Å²) in [5.41, 5.74) is 1.20. The van der Waals surface area contributed by atoms with Gasteiger partial charge >= 0.3 is 5.97 Å². The molecular weight excluding hydrogens is 326 g/mol. The maximum atomic E-state index is 12.6. The van der Waals surface area contributed by atoms with Gasteiger partial charge in [-0.3, -0.25) is 0 Å². The fourth-order valence-electron chi connectivity index (χ4n) is 2.71. The summed E-state index contributed by atoms with van der Waals surface area (Å²) in [5.74, 6) is -0.133. The van der Waals surface area contributed by atoms with Crippen molar-refractivity contribution in [1.29, 1.82) is 0 Å². The minimum atomic E-state index is -3.55. The van der Waals surface area contributed by atoms with Gasteiger partial charge in [0.1, 0.15) is 5.75 Å². The van der Waals surface area contributed by atoms with Gasteiger partial charge in [-0.2, -0.15) is 4.31 Å². The Morgan fingerprint density at radius 1 is 1.04 bits per heavy atom. The molecule has 126 valence electrons. The number of carbonyl (C=O) groups is 1. The number of nitrogens with zero attached hydrogens (tertiary/aromatic N) is 1. The van der Waals surface area contributed by atoms with Crippen LogP contribution >= 0.6 is 0 Å². The van der Waals surface area contributed by atoms with Gasteiger partial charge in [0.25, 0.3) is 0 Å². The number of sulfonamides is 1. The van der Waals surface area contributed by atoms with Crippen molar-refractivity contribution in [2.45, 2.75) is 24.7 Å². The van der Waals surface area contributed by atoms with E-state index in [1.807, 2.05) is 13.0 Å². The summed E-state index contributed by atoms with van der Waals surface area (Å²) in [6.07, 6.45) is 1.74. The van der Waals surface area contributed by atoms with Gasteiger partial charge in [-0.1, -0.05) is 18.2 Å². The Morgan fingerprint density at radius 3 is 2.46 bits per heavy atom. The zero-order valence-corrected chi connectivity index (χ0v) is 14.3. The third-order valence-corrected chi connectivity index (χ3v) is 5.87. The Bertz CT molecular complexity index is 855. The van der Waals surface area contributed by atoms with E-state index in [1.54, 1.807) is 30.3 Å². The lowest BCUT2D eigenvalue weighted by Gasteiger charge is -2.15. The van der Waals surface area contributed by atoms with Gasteiger partial charge in [-0.05, 0) is 55.7 Å². The molecule has 0 aromatic heterocycles. The largest absolute Gasteiger partial charge is 0.423 e. The predicted molar refractivity (Wildman–Crippen MR) is 90.6 cm³/mol. The van der Waals surface area contributed by atoms with Crippen LogP contribution in [0.4, 0.5) is 0 Å². The fourth-order valence-corrected chi connectivity index (χ4v) is 4.27. The number of aryl methyl sites for hydroxylation is 1. The number of carbonyl (C=O) groups excluding carboxylic acids is 1. The topological polar surface area (TPSA) is 63.7 Å². The first-order chi connectivity index (χ1) is 11.5. The van der Waals surface area contributed by atoms with E-state index in [0.717, 1.165) is 18.4 Å². The van der Waals surface area contributed by atoms with E-state index in [9.17, 15) is 13.2 Å². The molecular formula is C18H19NO4S. The second kappa shape index (κ2) is 6.75. The van der Waals surface area contributed by atoms with Gasteiger partial charge in [-0.25, -0.2) is 13.2 Å². The zero-order valence-electron chi connectivity index (χ0n) is 13.4. The highest BCUT2D eigenvalue weighted by Crippen LogP contribution is 2.22. The van der Waals surface area contributed by atoms with Crippen molar-refractivity contribution in [3.63, 3.8) is 0 Å². The van der Waals surface area contributed by atoms with Crippen molar-refractivity contribution in [3.05, 3.63) is 59.7 Å². The number of rotatable bonds is 4. The average Bonchev–Trinajstić information content (AvgIpc) is 3.10. The van der Waals surface area contributed by atoms with Gasteiger partial charge in [0.2, 0.25) is 10.0 Å². The second-order valence-corrected chi connectivity index (χ2v) is 7.78. The molecule has 0 radical (unpaired) electrons. The van der Waals surface area contributed by atoms with Gasteiger partial charge in [0.15, 0.2) is 0 Å². The van der Waals surface area contributed by atoms with Crippen LogP contribution in [-0.2, 0) is 10.0 Å². The maximum Gasteiger partial charge on any atom is 0.343 e. The van der Waals surface area contributed by atoms with Crippen LogP contribution in [0.1, 0.15) is 28.8 Å². The van der Waals surface area contributed by atoms with Gasteiger partial charge < -0.3 is 4.74 Å². The minimum absolute atomic E-state index is 0.128. The molecule has 0 bridgehead atoms. The van der Waals surface area contributed by atoms with Crippen molar-refractivity contribution in [3.8, 4) is 5.75 Å². The van der Waals surface area contributed by atoms with E-state index < -0.39 is 16.0 Å². The molecule has 0 spiro atoms. The van der Waals surface area contributed by atoms with Crippen LogP contribution in [0, 0.1) is 6.92 Å². The third kappa shape index (κ3) is 3.49. The van der Waals surface area contributed by atoms with Crippen LogP contribution in [0.3, 0.4) is 0 Å². The van der Waals surface area contributed by atoms with Crippen LogP contribution in [-0.4, -0.2) is 31.8 Å². The summed E-state index contributed by atoms with van der Waals surface area (Å²) in [7, 11) is -3.55. The number of esters is 1. The highest BCUT2D eigenvalue weighted by atomic mass is 32.2. The number of benzene rings is 2. The lowest BCUT2D eigenvalue weighted by molar-refractivity contribution is 0.0734. The van der Waals surface area contributed by atoms with Crippen LogP contribution in [0.15, 0.2) is 53.4 Å². The molecule has 24 heavy (non-hydrogen) atoms. The lowest BCUT2D eigenvalue weighted by Crippen LogP contribution is -2.28. The monoisotopic (exact) mass is 345 g/mol. The SMILES string of the molecule is Cc1cccc(OC(=O)c2cccc(S(=O)(=O)N3CCCC3)c2)c1. The maximum absolute atomic E-state index is 12.6. The molecule has 0 N–H and O–H groups in total. The van der Waals surface area contributed by atoms with Crippen molar-refractivity contribution >= 4 is 16.0 Å². The standard InChI is InChI=1S/C18H19NO4S/c1-14-6-4-8-16(12-14)23-18(20)15-7-5-9-17(13-15)24(21,22)19-10-2-3-11-19/h4-9,12-13H,2-3,10-11H2,1H3. The normalized spacial score (nSPS) is 15.4. The smallest absolute Gasteiger partial charge is 0.343 e. The van der Waals surface area contributed by atoms with Crippen LogP contribution in [0.5, 0.6) is 5.75 Å². The lowest BCUT2D eigenvalue weighted by atomic mass is 10.2. The van der Waals surface area contributed by atoms with Crippen molar-refractivity contribution < 1.29 is 17.9 Å². The molecule has 1 saturated heterocycles. The summed E-state index contributed by atoms with van der Waals surface area (Å²) in [6.45, 7) is 2.96. The van der Waals surface area contributed by atoms with Crippen LogP contribution < -0.4 is 4.74 Å². The van der Waals surface area contributed by atoms with E-state index in [4.69, 9.17) is 4.74 Å². The van der Waals surface area contributed by atoms with Crippen molar-refractivity contribution in [2.75, 3.05) is 13.1 Å². The minimum Gasteiger partial charge on any atom is -0.423 e. The summed E-state index contributed by atoms with van der Waals surface area (Å²) < 4.78 is 32.0. The number of hydrogen-bond donors (Lipinski definition) is 0. The Hall–Kier alpha value is -2.18. The Balaban J connectivity index is 1.83. The molecule has 6 heteroatoms. The molecule has 0 atom stereocenters. The van der Waals surface area contributed by atoms with E-state index in [-0.39, 0.29) is 10.5 Å². The first-order valence-corrected chi connectivity index (χ1v) is 9.30. The van der Waals surface area contributed by atoms with Gasteiger partial charge in [-0.15, -0.1) is 0 Å². The highest BCUT2D eigenvalue weighted by molar-refractivity contribution is 7.89. The van der Waals surface area contributed by atoms with Crippen LogP contribution in [0.2, 0.25) is 0 Å². The molecule has 5 nitrogen and oxygen atoms in total. The number of hydrogen-bond acceptors (Lipinski definition) is 4. The van der Waals surface area contributed by atoms with Gasteiger partial charge in [0, 0.05) is 13.1 Å². The molecule has 0 unspecified atom stereocenters. The van der Waals surface area contributed by atoms with Crippen molar-refractivity contribution in [2.24, 2.45) is 0 Å². The molecule has 1 heterocycles.